The van der Waals surface area contributed by atoms with Crippen molar-refractivity contribution in [3.05, 3.63) is 71.1 Å². The highest BCUT2D eigenvalue weighted by Gasteiger charge is 2.08. The van der Waals surface area contributed by atoms with E-state index in [0.717, 1.165) is 6.42 Å². The molecule has 0 spiro atoms. The fraction of sp³-hybridized carbons (Fsp3) is 0.278. The zero-order chi connectivity index (χ0) is 12.9. The van der Waals surface area contributed by atoms with Gasteiger partial charge in [-0.25, -0.2) is 0 Å². The minimum absolute atomic E-state index is 0.949. The summed E-state index contributed by atoms with van der Waals surface area (Å²) in [6.07, 6.45) is 14.3. The predicted molar refractivity (Wildman–Crippen MR) is 80.1 cm³/mol. The van der Waals surface area contributed by atoms with Crippen molar-refractivity contribution in [3.8, 4) is 0 Å². The van der Waals surface area contributed by atoms with Gasteiger partial charge in [0.05, 0.1) is 0 Å². The van der Waals surface area contributed by atoms with E-state index in [1.165, 1.54) is 36.8 Å². The first-order chi connectivity index (χ1) is 9.42. The van der Waals surface area contributed by atoms with Gasteiger partial charge >= 0.3 is 0 Å². The number of benzene rings is 1. The number of allylic oxidation sites excluding steroid dienone is 1. The molecule has 1 aliphatic carbocycles. The summed E-state index contributed by atoms with van der Waals surface area (Å²) in [6, 6.07) is 11.0. The largest absolute Gasteiger partial charge is 0.264 e. The molecule has 3 rings (SSSR count). The number of aromatic nitrogens is 1. The zero-order valence-corrected chi connectivity index (χ0v) is 11.2. The van der Waals surface area contributed by atoms with Crippen LogP contribution in [0.3, 0.4) is 0 Å². The van der Waals surface area contributed by atoms with Crippen molar-refractivity contribution in [1.29, 1.82) is 0 Å². The van der Waals surface area contributed by atoms with E-state index in [-0.39, 0.29) is 0 Å². The molecule has 2 aromatic rings. The first kappa shape index (κ1) is 12.2. The third kappa shape index (κ3) is 3.11. The van der Waals surface area contributed by atoms with E-state index < -0.39 is 0 Å². The summed E-state index contributed by atoms with van der Waals surface area (Å²) in [4.78, 5) is 4.13. The fourth-order valence-electron chi connectivity index (χ4n) is 2.71. The molecular weight excluding hydrogens is 230 g/mol. The molecule has 1 aromatic carbocycles. The van der Waals surface area contributed by atoms with Crippen LogP contribution in [0.4, 0.5) is 0 Å². The molecule has 1 heterocycles. The SMILES string of the molecule is C(=C\c1ccc2c(c1)CCCC2)/Cc1cccnc1. The van der Waals surface area contributed by atoms with E-state index in [9.17, 15) is 0 Å². The van der Waals surface area contributed by atoms with Gasteiger partial charge in [-0.3, -0.25) is 4.98 Å². The maximum absolute atomic E-state index is 4.13. The lowest BCUT2D eigenvalue weighted by Crippen LogP contribution is -2.02. The number of fused-ring (bicyclic) bond motifs is 1. The Bertz CT molecular complexity index is 569. The monoisotopic (exact) mass is 249 g/mol. The molecule has 0 saturated heterocycles. The molecule has 1 nitrogen and oxygen atoms in total. The molecule has 96 valence electrons. The van der Waals surface area contributed by atoms with Crippen molar-refractivity contribution >= 4 is 6.08 Å². The molecule has 0 atom stereocenters. The summed E-state index contributed by atoms with van der Waals surface area (Å²) in [6.45, 7) is 0. The molecule has 1 aliphatic rings. The van der Waals surface area contributed by atoms with Crippen LogP contribution in [0.5, 0.6) is 0 Å². The summed E-state index contributed by atoms with van der Waals surface area (Å²) in [5.41, 5.74) is 5.69. The Kier molecular flexibility index (Phi) is 3.73. The van der Waals surface area contributed by atoms with Gasteiger partial charge in [-0.2, -0.15) is 0 Å². The van der Waals surface area contributed by atoms with Crippen molar-refractivity contribution < 1.29 is 0 Å². The summed E-state index contributed by atoms with van der Waals surface area (Å²) in [5, 5.41) is 0. The zero-order valence-electron chi connectivity index (χ0n) is 11.2. The number of nitrogens with zero attached hydrogens (tertiary/aromatic N) is 1. The maximum Gasteiger partial charge on any atom is 0.0303 e. The van der Waals surface area contributed by atoms with Crippen LogP contribution in [0.15, 0.2) is 48.8 Å². The van der Waals surface area contributed by atoms with Crippen LogP contribution in [0.2, 0.25) is 0 Å². The molecule has 1 aromatic heterocycles. The molecule has 0 aliphatic heterocycles. The highest BCUT2D eigenvalue weighted by molar-refractivity contribution is 5.52. The van der Waals surface area contributed by atoms with Crippen LogP contribution >= 0.6 is 0 Å². The summed E-state index contributed by atoms with van der Waals surface area (Å²) in [5.74, 6) is 0. The van der Waals surface area contributed by atoms with Crippen LogP contribution in [0.25, 0.3) is 6.08 Å². The molecule has 0 saturated carbocycles. The molecule has 19 heavy (non-hydrogen) atoms. The Morgan fingerprint density at radius 3 is 2.79 bits per heavy atom. The van der Waals surface area contributed by atoms with Crippen LogP contribution in [0.1, 0.15) is 35.1 Å². The van der Waals surface area contributed by atoms with Gasteiger partial charge in [-0.15, -0.1) is 0 Å². The molecular formula is C18H19N. The van der Waals surface area contributed by atoms with Crippen molar-refractivity contribution in [1.82, 2.24) is 4.98 Å². The van der Waals surface area contributed by atoms with Gasteiger partial charge in [-0.1, -0.05) is 36.4 Å². The standard InChI is InChI=1S/C18H19N/c1-2-9-18-13-15(10-11-17(18)8-1)5-3-6-16-7-4-12-19-14-16/h3-5,7,10-14H,1-2,6,8-9H2/b5-3+. The fourth-order valence-corrected chi connectivity index (χ4v) is 2.71. The second-order valence-electron chi connectivity index (χ2n) is 5.20. The van der Waals surface area contributed by atoms with Crippen molar-refractivity contribution in [2.75, 3.05) is 0 Å². The van der Waals surface area contributed by atoms with E-state index >= 15 is 0 Å². The lowest BCUT2D eigenvalue weighted by molar-refractivity contribution is 0.685. The summed E-state index contributed by atoms with van der Waals surface area (Å²) in [7, 11) is 0. The molecule has 0 unspecified atom stereocenters. The van der Waals surface area contributed by atoms with Crippen LogP contribution in [0, 0.1) is 0 Å². The molecule has 0 bridgehead atoms. The quantitative estimate of drug-likeness (QED) is 0.793. The third-order valence-corrected chi connectivity index (χ3v) is 3.76. The second kappa shape index (κ2) is 5.83. The number of pyridine rings is 1. The van der Waals surface area contributed by atoms with E-state index in [0.29, 0.717) is 0 Å². The maximum atomic E-state index is 4.13. The van der Waals surface area contributed by atoms with E-state index in [4.69, 9.17) is 0 Å². The lowest BCUT2D eigenvalue weighted by atomic mass is 9.90. The predicted octanol–water partition coefficient (Wildman–Crippen LogP) is 4.22. The molecule has 0 N–H and O–H groups in total. The van der Waals surface area contributed by atoms with Gasteiger partial charge in [0.1, 0.15) is 0 Å². The highest BCUT2D eigenvalue weighted by Crippen LogP contribution is 2.22. The molecule has 0 radical (unpaired) electrons. The minimum Gasteiger partial charge on any atom is -0.264 e. The van der Waals surface area contributed by atoms with Gasteiger partial charge in [0.2, 0.25) is 0 Å². The topological polar surface area (TPSA) is 12.9 Å². The van der Waals surface area contributed by atoms with Crippen LogP contribution < -0.4 is 0 Å². The third-order valence-electron chi connectivity index (χ3n) is 3.76. The Hall–Kier alpha value is -1.89. The normalized spacial score (nSPS) is 14.5. The smallest absolute Gasteiger partial charge is 0.0303 e. The second-order valence-corrected chi connectivity index (χ2v) is 5.20. The average Bonchev–Trinajstić information content (AvgIpc) is 2.48. The number of aryl methyl sites for hydroxylation is 2. The van der Waals surface area contributed by atoms with Gasteiger partial charge in [-0.05, 0) is 60.4 Å². The van der Waals surface area contributed by atoms with Crippen molar-refractivity contribution in [2.45, 2.75) is 32.1 Å². The minimum atomic E-state index is 0.949. The van der Waals surface area contributed by atoms with Gasteiger partial charge in [0.25, 0.3) is 0 Å². The molecule has 1 heteroatoms. The van der Waals surface area contributed by atoms with E-state index in [1.54, 1.807) is 11.1 Å². The first-order valence-electron chi connectivity index (χ1n) is 7.09. The van der Waals surface area contributed by atoms with Crippen molar-refractivity contribution in [2.24, 2.45) is 0 Å². The van der Waals surface area contributed by atoms with Gasteiger partial charge < -0.3 is 0 Å². The van der Waals surface area contributed by atoms with Crippen LogP contribution in [-0.4, -0.2) is 4.98 Å². The Morgan fingerprint density at radius 2 is 1.95 bits per heavy atom. The van der Waals surface area contributed by atoms with Gasteiger partial charge in [0.15, 0.2) is 0 Å². The summed E-state index contributed by atoms with van der Waals surface area (Å²) < 4.78 is 0. The Balaban J connectivity index is 1.69. The number of hydrogen-bond donors (Lipinski definition) is 0. The highest BCUT2D eigenvalue weighted by atomic mass is 14.6. The van der Waals surface area contributed by atoms with Crippen molar-refractivity contribution in [3.63, 3.8) is 0 Å². The molecule has 0 fully saturated rings. The lowest BCUT2D eigenvalue weighted by Gasteiger charge is -2.15. The number of rotatable bonds is 3. The van der Waals surface area contributed by atoms with Crippen LogP contribution in [-0.2, 0) is 19.3 Å². The average molecular weight is 249 g/mol. The van der Waals surface area contributed by atoms with E-state index in [1.807, 2.05) is 18.5 Å². The summed E-state index contributed by atoms with van der Waals surface area (Å²) >= 11 is 0. The number of hydrogen-bond acceptors (Lipinski definition) is 1. The molecule has 0 amide bonds. The first-order valence-corrected chi connectivity index (χ1v) is 7.09. The van der Waals surface area contributed by atoms with Gasteiger partial charge in [0, 0.05) is 12.4 Å². The Labute approximate surface area is 115 Å². The van der Waals surface area contributed by atoms with E-state index in [2.05, 4.69) is 41.4 Å². The Morgan fingerprint density at radius 1 is 1.05 bits per heavy atom.